The Morgan fingerprint density at radius 1 is 1.05 bits per heavy atom. The summed E-state index contributed by atoms with van der Waals surface area (Å²) in [6.45, 7) is 10.8. The molecule has 0 N–H and O–H groups in total. The minimum absolute atomic E-state index is 0.173. The van der Waals surface area contributed by atoms with Crippen LogP contribution in [0.4, 0.5) is 0 Å². The van der Waals surface area contributed by atoms with Gasteiger partial charge in [0.2, 0.25) is 5.88 Å². The first kappa shape index (κ1) is 15.5. The standard InChI is InChI=1S/C18H24N2O/c1-12-9-15(18(3,4)5)8-7-14(12)11-16-19-13(2)10-17(20-16)21-6/h7-10H,11H2,1-6H3. The summed E-state index contributed by atoms with van der Waals surface area (Å²) < 4.78 is 5.22. The number of hydrogen-bond donors (Lipinski definition) is 0. The Morgan fingerprint density at radius 2 is 1.76 bits per heavy atom. The molecule has 0 saturated carbocycles. The largest absolute Gasteiger partial charge is 0.481 e. The molecule has 21 heavy (non-hydrogen) atoms. The van der Waals surface area contributed by atoms with Crippen LogP contribution in [0.5, 0.6) is 5.88 Å². The van der Waals surface area contributed by atoms with Gasteiger partial charge in [-0.15, -0.1) is 0 Å². The van der Waals surface area contributed by atoms with Crippen LogP contribution in [0.1, 0.15) is 49.0 Å². The summed E-state index contributed by atoms with van der Waals surface area (Å²) >= 11 is 0. The van der Waals surface area contributed by atoms with E-state index < -0.39 is 0 Å². The molecule has 112 valence electrons. The molecule has 0 atom stereocenters. The molecule has 1 heterocycles. The second-order valence-corrected chi connectivity index (χ2v) is 6.54. The van der Waals surface area contributed by atoms with Crippen molar-refractivity contribution in [3.8, 4) is 5.88 Å². The number of nitrogens with zero attached hydrogens (tertiary/aromatic N) is 2. The summed E-state index contributed by atoms with van der Waals surface area (Å²) in [6, 6.07) is 8.50. The highest BCUT2D eigenvalue weighted by molar-refractivity contribution is 5.36. The Balaban J connectivity index is 2.30. The van der Waals surface area contributed by atoms with Crippen LogP contribution in [0.2, 0.25) is 0 Å². The lowest BCUT2D eigenvalue weighted by Gasteiger charge is -2.20. The van der Waals surface area contributed by atoms with Crippen LogP contribution in [-0.2, 0) is 11.8 Å². The van der Waals surface area contributed by atoms with Crippen LogP contribution in [0.3, 0.4) is 0 Å². The summed E-state index contributed by atoms with van der Waals surface area (Å²) in [5.41, 5.74) is 5.00. The SMILES string of the molecule is COc1cc(C)nc(Cc2ccc(C(C)(C)C)cc2C)n1. The van der Waals surface area contributed by atoms with E-state index in [-0.39, 0.29) is 5.41 Å². The number of rotatable bonds is 3. The molecule has 0 radical (unpaired) electrons. The Bertz CT molecular complexity index is 642. The van der Waals surface area contributed by atoms with Crippen molar-refractivity contribution in [1.82, 2.24) is 9.97 Å². The third-order valence-corrected chi connectivity index (χ3v) is 3.64. The molecule has 3 nitrogen and oxygen atoms in total. The average molecular weight is 284 g/mol. The minimum Gasteiger partial charge on any atom is -0.481 e. The zero-order chi connectivity index (χ0) is 15.6. The number of ether oxygens (including phenoxy) is 1. The number of methoxy groups -OCH3 is 1. The van der Waals surface area contributed by atoms with Gasteiger partial charge in [0, 0.05) is 18.2 Å². The zero-order valence-electron chi connectivity index (χ0n) is 13.8. The van der Waals surface area contributed by atoms with Gasteiger partial charge in [0.25, 0.3) is 0 Å². The Labute approximate surface area is 127 Å². The minimum atomic E-state index is 0.173. The monoisotopic (exact) mass is 284 g/mol. The van der Waals surface area contributed by atoms with E-state index in [4.69, 9.17) is 4.74 Å². The molecule has 0 aliphatic carbocycles. The van der Waals surface area contributed by atoms with E-state index in [0.717, 1.165) is 17.9 Å². The summed E-state index contributed by atoms with van der Waals surface area (Å²) in [5, 5.41) is 0. The van der Waals surface area contributed by atoms with Crippen molar-refractivity contribution < 1.29 is 4.74 Å². The molecule has 1 aromatic carbocycles. The van der Waals surface area contributed by atoms with Gasteiger partial charge in [-0.05, 0) is 36.0 Å². The molecule has 2 aromatic rings. The molecule has 3 heteroatoms. The average Bonchev–Trinajstić information content (AvgIpc) is 2.39. The molecule has 0 spiro atoms. The molecule has 0 aliphatic rings. The topological polar surface area (TPSA) is 35.0 Å². The summed E-state index contributed by atoms with van der Waals surface area (Å²) in [7, 11) is 1.63. The maximum atomic E-state index is 5.22. The first-order valence-corrected chi connectivity index (χ1v) is 7.28. The van der Waals surface area contributed by atoms with Crippen LogP contribution < -0.4 is 4.74 Å². The Kier molecular flexibility index (Phi) is 4.31. The number of benzene rings is 1. The zero-order valence-corrected chi connectivity index (χ0v) is 13.8. The first-order chi connectivity index (χ1) is 9.79. The maximum absolute atomic E-state index is 5.22. The normalized spacial score (nSPS) is 11.5. The summed E-state index contributed by atoms with van der Waals surface area (Å²) in [5.74, 6) is 1.43. The molecule has 0 saturated heterocycles. The van der Waals surface area contributed by atoms with Crippen molar-refractivity contribution in [3.05, 3.63) is 52.5 Å². The smallest absolute Gasteiger partial charge is 0.216 e. The Hall–Kier alpha value is -1.90. The number of aromatic nitrogens is 2. The third kappa shape index (κ3) is 3.81. The van der Waals surface area contributed by atoms with Gasteiger partial charge in [-0.2, -0.15) is 4.98 Å². The fourth-order valence-electron chi connectivity index (χ4n) is 2.31. The lowest BCUT2D eigenvalue weighted by Crippen LogP contribution is -2.11. The van der Waals surface area contributed by atoms with Gasteiger partial charge in [0.05, 0.1) is 7.11 Å². The molecular weight excluding hydrogens is 260 g/mol. The van der Waals surface area contributed by atoms with Crippen molar-refractivity contribution in [1.29, 1.82) is 0 Å². The van der Waals surface area contributed by atoms with E-state index in [1.54, 1.807) is 7.11 Å². The van der Waals surface area contributed by atoms with E-state index in [1.807, 2.05) is 13.0 Å². The summed E-state index contributed by atoms with van der Waals surface area (Å²) in [6.07, 6.45) is 0.730. The van der Waals surface area contributed by atoms with E-state index in [9.17, 15) is 0 Å². The first-order valence-electron chi connectivity index (χ1n) is 7.28. The quantitative estimate of drug-likeness (QED) is 0.854. The van der Waals surface area contributed by atoms with Crippen LogP contribution in [-0.4, -0.2) is 17.1 Å². The van der Waals surface area contributed by atoms with Gasteiger partial charge in [0.15, 0.2) is 0 Å². The predicted molar refractivity (Wildman–Crippen MR) is 86.0 cm³/mol. The van der Waals surface area contributed by atoms with E-state index in [0.29, 0.717) is 5.88 Å². The van der Waals surface area contributed by atoms with E-state index in [1.165, 1.54) is 16.7 Å². The lowest BCUT2D eigenvalue weighted by molar-refractivity contribution is 0.394. The van der Waals surface area contributed by atoms with Gasteiger partial charge in [-0.25, -0.2) is 4.98 Å². The molecule has 0 bridgehead atoms. The van der Waals surface area contributed by atoms with Crippen LogP contribution >= 0.6 is 0 Å². The van der Waals surface area contributed by atoms with Crippen LogP contribution in [0.25, 0.3) is 0 Å². The molecule has 0 aliphatic heterocycles. The number of hydrogen-bond acceptors (Lipinski definition) is 3. The number of aryl methyl sites for hydroxylation is 2. The fourth-order valence-corrected chi connectivity index (χ4v) is 2.31. The molecule has 0 amide bonds. The van der Waals surface area contributed by atoms with Crippen LogP contribution in [0.15, 0.2) is 24.3 Å². The van der Waals surface area contributed by atoms with Gasteiger partial charge >= 0.3 is 0 Å². The van der Waals surface area contributed by atoms with Gasteiger partial charge in [0.1, 0.15) is 5.82 Å². The third-order valence-electron chi connectivity index (χ3n) is 3.64. The predicted octanol–water partition coefficient (Wildman–Crippen LogP) is 3.99. The van der Waals surface area contributed by atoms with Crippen LogP contribution in [0, 0.1) is 13.8 Å². The van der Waals surface area contributed by atoms with Gasteiger partial charge in [-0.1, -0.05) is 39.0 Å². The Morgan fingerprint density at radius 3 is 2.33 bits per heavy atom. The van der Waals surface area contributed by atoms with Crippen molar-refractivity contribution in [3.63, 3.8) is 0 Å². The second kappa shape index (κ2) is 5.84. The van der Waals surface area contributed by atoms with Gasteiger partial charge < -0.3 is 4.74 Å². The maximum Gasteiger partial charge on any atom is 0.216 e. The van der Waals surface area contributed by atoms with Crippen molar-refractivity contribution >= 4 is 0 Å². The highest BCUT2D eigenvalue weighted by atomic mass is 16.5. The van der Waals surface area contributed by atoms with Gasteiger partial charge in [-0.3, -0.25) is 0 Å². The molecule has 0 unspecified atom stereocenters. The van der Waals surface area contributed by atoms with E-state index in [2.05, 4.69) is 55.9 Å². The van der Waals surface area contributed by atoms with Crippen molar-refractivity contribution in [2.45, 2.75) is 46.5 Å². The molecular formula is C18H24N2O. The van der Waals surface area contributed by atoms with E-state index >= 15 is 0 Å². The lowest BCUT2D eigenvalue weighted by atomic mass is 9.85. The fraction of sp³-hybridized carbons (Fsp3) is 0.444. The molecule has 2 rings (SSSR count). The second-order valence-electron chi connectivity index (χ2n) is 6.54. The molecule has 0 fully saturated rings. The highest BCUT2D eigenvalue weighted by Crippen LogP contribution is 2.25. The molecule has 1 aromatic heterocycles. The summed E-state index contributed by atoms with van der Waals surface area (Å²) in [4.78, 5) is 8.92. The highest BCUT2D eigenvalue weighted by Gasteiger charge is 2.15. The van der Waals surface area contributed by atoms with Crippen molar-refractivity contribution in [2.75, 3.05) is 7.11 Å². The van der Waals surface area contributed by atoms with Crippen molar-refractivity contribution in [2.24, 2.45) is 0 Å².